The highest BCUT2D eigenvalue weighted by atomic mass is 79.9. The molecule has 20 heavy (non-hydrogen) atoms. The highest BCUT2D eigenvalue weighted by molar-refractivity contribution is 9.10. The number of hydrogen-bond acceptors (Lipinski definition) is 4. The second kappa shape index (κ2) is 6.38. The highest BCUT2D eigenvalue weighted by Gasteiger charge is 2.06. The molecule has 104 valence electrons. The SMILES string of the molecule is CN(Cc1ccc(Br)cc1)c1cc(C(N)=NO)ccn1. The molecule has 1 aromatic heterocycles. The van der Waals surface area contributed by atoms with Gasteiger partial charge in [-0.2, -0.15) is 0 Å². The van der Waals surface area contributed by atoms with E-state index in [1.165, 1.54) is 5.56 Å². The van der Waals surface area contributed by atoms with E-state index < -0.39 is 0 Å². The number of benzene rings is 1. The number of aromatic nitrogens is 1. The molecule has 0 amide bonds. The molecule has 0 atom stereocenters. The predicted octanol–water partition coefficient (Wildman–Crippen LogP) is 2.58. The molecule has 2 aromatic rings. The summed E-state index contributed by atoms with van der Waals surface area (Å²) in [6, 6.07) is 11.6. The third-order valence-corrected chi connectivity index (χ3v) is 3.40. The van der Waals surface area contributed by atoms with E-state index in [4.69, 9.17) is 10.9 Å². The van der Waals surface area contributed by atoms with E-state index in [2.05, 4.69) is 26.1 Å². The van der Waals surface area contributed by atoms with Crippen molar-refractivity contribution in [1.82, 2.24) is 4.98 Å². The van der Waals surface area contributed by atoms with Crippen molar-refractivity contribution >= 4 is 27.6 Å². The number of amidine groups is 1. The number of halogens is 1. The van der Waals surface area contributed by atoms with Gasteiger partial charge in [-0.3, -0.25) is 0 Å². The Kier molecular flexibility index (Phi) is 4.57. The fraction of sp³-hybridized carbons (Fsp3) is 0.143. The summed E-state index contributed by atoms with van der Waals surface area (Å²) >= 11 is 3.41. The van der Waals surface area contributed by atoms with Crippen molar-refractivity contribution in [3.8, 4) is 0 Å². The van der Waals surface area contributed by atoms with Gasteiger partial charge in [-0.25, -0.2) is 4.98 Å². The van der Waals surface area contributed by atoms with Crippen LogP contribution in [0.2, 0.25) is 0 Å². The molecule has 0 bridgehead atoms. The lowest BCUT2D eigenvalue weighted by molar-refractivity contribution is 0.318. The molecule has 0 aliphatic heterocycles. The van der Waals surface area contributed by atoms with Crippen LogP contribution < -0.4 is 10.6 Å². The number of oxime groups is 1. The van der Waals surface area contributed by atoms with Crippen LogP contribution in [0.5, 0.6) is 0 Å². The normalized spacial score (nSPS) is 11.4. The van der Waals surface area contributed by atoms with Gasteiger partial charge < -0.3 is 15.8 Å². The summed E-state index contributed by atoms with van der Waals surface area (Å²) in [5, 5.41) is 11.7. The van der Waals surface area contributed by atoms with Crippen molar-refractivity contribution in [3.63, 3.8) is 0 Å². The second-order valence-corrected chi connectivity index (χ2v) is 5.29. The Morgan fingerprint density at radius 2 is 2.05 bits per heavy atom. The van der Waals surface area contributed by atoms with Crippen molar-refractivity contribution in [2.75, 3.05) is 11.9 Å². The summed E-state index contributed by atoms with van der Waals surface area (Å²) in [4.78, 5) is 6.29. The summed E-state index contributed by atoms with van der Waals surface area (Å²) in [5.74, 6) is 0.836. The Bertz CT molecular complexity index is 613. The van der Waals surface area contributed by atoms with Crippen LogP contribution in [-0.4, -0.2) is 23.1 Å². The molecule has 3 N–H and O–H groups in total. The van der Waals surface area contributed by atoms with E-state index in [9.17, 15) is 0 Å². The van der Waals surface area contributed by atoms with Gasteiger partial charge >= 0.3 is 0 Å². The van der Waals surface area contributed by atoms with Crippen LogP contribution in [0.25, 0.3) is 0 Å². The number of hydrogen-bond donors (Lipinski definition) is 2. The third-order valence-electron chi connectivity index (χ3n) is 2.87. The lowest BCUT2D eigenvalue weighted by atomic mass is 10.2. The predicted molar refractivity (Wildman–Crippen MR) is 83.0 cm³/mol. The van der Waals surface area contributed by atoms with E-state index in [1.807, 2.05) is 36.2 Å². The average molecular weight is 335 g/mol. The van der Waals surface area contributed by atoms with Crippen molar-refractivity contribution in [1.29, 1.82) is 0 Å². The molecule has 2 rings (SSSR count). The van der Waals surface area contributed by atoms with Gasteiger partial charge in [0.05, 0.1) is 0 Å². The molecule has 0 fully saturated rings. The van der Waals surface area contributed by atoms with Gasteiger partial charge in [-0.05, 0) is 29.8 Å². The maximum atomic E-state index is 8.70. The monoisotopic (exact) mass is 334 g/mol. The third kappa shape index (κ3) is 3.48. The fourth-order valence-electron chi connectivity index (χ4n) is 1.79. The van der Waals surface area contributed by atoms with Gasteiger partial charge in [0.15, 0.2) is 5.84 Å². The van der Waals surface area contributed by atoms with Crippen LogP contribution in [0.3, 0.4) is 0 Å². The maximum Gasteiger partial charge on any atom is 0.170 e. The molecule has 0 radical (unpaired) electrons. The van der Waals surface area contributed by atoms with Gasteiger partial charge in [-0.1, -0.05) is 33.2 Å². The Morgan fingerprint density at radius 3 is 2.70 bits per heavy atom. The molecule has 0 unspecified atom stereocenters. The number of nitrogens with two attached hydrogens (primary N) is 1. The molecule has 6 heteroatoms. The second-order valence-electron chi connectivity index (χ2n) is 4.37. The Balaban J connectivity index is 2.16. The van der Waals surface area contributed by atoms with Gasteiger partial charge in [0.2, 0.25) is 0 Å². The van der Waals surface area contributed by atoms with E-state index in [0.717, 1.165) is 16.8 Å². The topological polar surface area (TPSA) is 74.7 Å². The first-order valence-corrected chi connectivity index (χ1v) is 6.79. The first-order valence-electron chi connectivity index (χ1n) is 5.99. The van der Waals surface area contributed by atoms with Crippen LogP contribution in [0, 0.1) is 0 Å². The number of nitrogens with zero attached hydrogens (tertiary/aromatic N) is 3. The minimum Gasteiger partial charge on any atom is -0.409 e. The minimum absolute atomic E-state index is 0.0747. The fourth-order valence-corrected chi connectivity index (χ4v) is 2.05. The zero-order chi connectivity index (χ0) is 14.5. The smallest absolute Gasteiger partial charge is 0.170 e. The molecule has 1 heterocycles. The highest BCUT2D eigenvalue weighted by Crippen LogP contribution is 2.16. The maximum absolute atomic E-state index is 8.70. The van der Waals surface area contributed by atoms with Gasteiger partial charge in [0.25, 0.3) is 0 Å². The van der Waals surface area contributed by atoms with E-state index in [1.54, 1.807) is 18.3 Å². The van der Waals surface area contributed by atoms with Crippen LogP contribution >= 0.6 is 15.9 Å². The van der Waals surface area contributed by atoms with Crippen LogP contribution in [0.4, 0.5) is 5.82 Å². The van der Waals surface area contributed by atoms with Crippen molar-refractivity contribution in [2.24, 2.45) is 10.9 Å². The zero-order valence-electron chi connectivity index (χ0n) is 11.0. The first kappa shape index (κ1) is 14.3. The molecule has 0 spiro atoms. The zero-order valence-corrected chi connectivity index (χ0v) is 12.6. The van der Waals surface area contributed by atoms with Crippen LogP contribution in [0.15, 0.2) is 52.2 Å². The Labute approximate surface area is 125 Å². The summed E-state index contributed by atoms with van der Waals surface area (Å²) in [7, 11) is 1.94. The summed E-state index contributed by atoms with van der Waals surface area (Å²) in [6.45, 7) is 0.722. The molecule has 0 saturated heterocycles. The standard InChI is InChI=1S/C14H15BrN4O/c1-19(9-10-2-4-12(15)5-3-10)13-8-11(6-7-17-13)14(16)18-20/h2-8,20H,9H2,1H3,(H2,16,18). The largest absolute Gasteiger partial charge is 0.409 e. The Hall–Kier alpha value is -2.08. The van der Waals surface area contributed by atoms with E-state index >= 15 is 0 Å². The Morgan fingerprint density at radius 1 is 1.35 bits per heavy atom. The molecule has 0 saturated carbocycles. The van der Waals surface area contributed by atoms with Gasteiger partial charge in [-0.15, -0.1) is 0 Å². The summed E-state index contributed by atoms with van der Waals surface area (Å²) < 4.78 is 1.05. The average Bonchev–Trinajstić information content (AvgIpc) is 2.49. The molecule has 1 aromatic carbocycles. The number of anilines is 1. The van der Waals surface area contributed by atoms with E-state index in [-0.39, 0.29) is 5.84 Å². The molecule has 0 aliphatic carbocycles. The first-order chi connectivity index (χ1) is 9.60. The minimum atomic E-state index is 0.0747. The number of rotatable bonds is 4. The molecular formula is C14H15BrN4O. The van der Waals surface area contributed by atoms with E-state index in [0.29, 0.717) is 5.56 Å². The van der Waals surface area contributed by atoms with Crippen molar-refractivity contribution < 1.29 is 5.21 Å². The molecular weight excluding hydrogens is 320 g/mol. The quantitative estimate of drug-likeness (QED) is 0.390. The lowest BCUT2D eigenvalue weighted by Gasteiger charge is -2.18. The van der Waals surface area contributed by atoms with Crippen molar-refractivity contribution in [3.05, 3.63) is 58.2 Å². The molecule has 5 nitrogen and oxygen atoms in total. The van der Waals surface area contributed by atoms with Crippen molar-refractivity contribution in [2.45, 2.75) is 6.54 Å². The summed E-state index contributed by atoms with van der Waals surface area (Å²) in [5.41, 5.74) is 7.39. The van der Waals surface area contributed by atoms with Gasteiger partial charge in [0, 0.05) is 29.8 Å². The van der Waals surface area contributed by atoms with Crippen LogP contribution in [0.1, 0.15) is 11.1 Å². The lowest BCUT2D eigenvalue weighted by Crippen LogP contribution is -2.19. The van der Waals surface area contributed by atoms with Crippen LogP contribution in [-0.2, 0) is 6.54 Å². The summed E-state index contributed by atoms with van der Waals surface area (Å²) in [6.07, 6.45) is 1.64. The molecule has 0 aliphatic rings. The van der Waals surface area contributed by atoms with Gasteiger partial charge in [0.1, 0.15) is 5.82 Å². The number of pyridine rings is 1.